The lowest BCUT2D eigenvalue weighted by atomic mass is 10.1. The van der Waals surface area contributed by atoms with Crippen LogP contribution in [0.25, 0.3) is 6.08 Å². The van der Waals surface area contributed by atoms with Crippen molar-refractivity contribution in [3.63, 3.8) is 0 Å². The van der Waals surface area contributed by atoms with Crippen LogP contribution in [0.15, 0.2) is 109 Å². The molecule has 5 nitrogen and oxygen atoms in total. The number of anilines is 1. The van der Waals surface area contributed by atoms with Crippen molar-refractivity contribution in [3.8, 4) is 5.75 Å². The molecule has 0 aliphatic carbocycles. The molecule has 0 aromatic heterocycles. The summed E-state index contributed by atoms with van der Waals surface area (Å²) in [4.78, 5) is 27.7. The molecule has 0 atom stereocenters. The fourth-order valence-electron chi connectivity index (χ4n) is 4.14. The Morgan fingerprint density at radius 2 is 1.54 bits per heavy atom. The molecular weight excluding hydrogens is 484 g/mol. The maximum absolute atomic E-state index is 13.4. The monoisotopic (exact) mass is 508 g/mol. The minimum absolute atomic E-state index is 0.136. The molecule has 0 fully saturated rings. The first-order valence-corrected chi connectivity index (χ1v) is 12.4. The highest BCUT2D eigenvalue weighted by molar-refractivity contribution is 6.30. The van der Waals surface area contributed by atoms with Gasteiger partial charge in [-0.15, -0.1) is 0 Å². The number of para-hydroxylation sites is 2. The lowest BCUT2D eigenvalue weighted by Gasteiger charge is -2.30. The molecule has 1 heterocycles. The Kier molecular flexibility index (Phi) is 7.33. The van der Waals surface area contributed by atoms with Crippen LogP contribution < -0.4 is 15.0 Å². The topological polar surface area (TPSA) is 58.6 Å². The smallest absolute Gasteiger partial charge is 0.294 e. The van der Waals surface area contributed by atoms with E-state index in [4.69, 9.17) is 16.3 Å². The third-order valence-electron chi connectivity index (χ3n) is 6.10. The van der Waals surface area contributed by atoms with Crippen LogP contribution in [0.1, 0.15) is 27.0 Å². The van der Waals surface area contributed by atoms with Crippen molar-refractivity contribution in [3.05, 3.63) is 136 Å². The van der Waals surface area contributed by atoms with Crippen molar-refractivity contribution >= 4 is 35.2 Å². The first-order valence-electron chi connectivity index (χ1n) is 12.0. The molecule has 0 spiro atoms. The van der Waals surface area contributed by atoms with Gasteiger partial charge in [-0.1, -0.05) is 78.3 Å². The maximum Gasteiger partial charge on any atom is 0.294 e. The molecule has 1 N–H and O–H groups in total. The zero-order valence-corrected chi connectivity index (χ0v) is 20.8. The van der Waals surface area contributed by atoms with E-state index in [1.165, 1.54) is 5.56 Å². The summed E-state index contributed by atoms with van der Waals surface area (Å²) in [7, 11) is 0. The van der Waals surface area contributed by atoms with Gasteiger partial charge in [-0.2, -0.15) is 0 Å². The first kappa shape index (κ1) is 24.3. The molecule has 0 bridgehead atoms. The van der Waals surface area contributed by atoms with Crippen molar-refractivity contribution in [2.45, 2.75) is 13.0 Å². The Balaban J connectivity index is 1.30. The Bertz CT molecular complexity index is 1430. The van der Waals surface area contributed by atoms with E-state index in [-0.39, 0.29) is 17.6 Å². The van der Waals surface area contributed by atoms with Gasteiger partial charge in [0, 0.05) is 17.1 Å². The molecule has 0 unspecified atom stereocenters. The lowest BCUT2D eigenvalue weighted by molar-refractivity contribution is -0.117. The minimum atomic E-state index is -0.239. The summed E-state index contributed by atoms with van der Waals surface area (Å²) in [6.07, 6.45) is 2.47. The summed E-state index contributed by atoms with van der Waals surface area (Å²) >= 11 is 6.02. The van der Waals surface area contributed by atoms with Crippen LogP contribution in [0.5, 0.6) is 5.75 Å². The van der Waals surface area contributed by atoms with Gasteiger partial charge in [-0.25, -0.2) is 0 Å². The molecule has 2 amide bonds. The summed E-state index contributed by atoms with van der Waals surface area (Å²) < 4.78 is 5.98. The Labute approximate surface area is 221 Å². The van der Waals surface area contributed by atoms with Gasteiger partial charge in [-0.3, -0.25) is 14.5 Å². The van der Waals surface area contributed by atoms with Crippen LogP contribution in [0.3, 0.4) is 0 Å². The second kappa shape index (κ2) is 11.1. The van der Waals surface area contributed by atoms with Gasteiger partial charge in [0.15, 0.2) is 11.5 Å². The van der Waals surface area contributed by atoms with Crippen molar-refractivity contribution in [2.75, 3.05) is 11.4 Å². The van der Waals surface area contributed by atoms with Crippen molar-refractivity contribution in [2.24, 2.45) is 0 Å². The molecule has 4 aromatic carbocycles. The molecule has 1 aliphatic rings. The highest BCUT2D eigenvalue weighted by Gasteiger charge is 2.30. The van der Waals surface area contributed by atoms with Gasteiger partial charge in [0.05, 0.1) is 12.2 Å². The van der Waals surface area contributed by atoms with Crippen LogP contribution in [-0.2, 0) is 17.8 Å². The van der Waals surface area contributed by atoms with Gasteiger partial charge in [0.1, 0.15) is 0 Å². The van der Waals surface area contributed by atoms with Crippen molar-refractivity contribution in [1.82, 2.24) is 5.32 Å². The quantitative estimate of drug-likeness (QED) is 0.299. The number of rotatable bonds is 7. The number of fused-ring (bicyclic) bond motifs is 1. The number of benzene rings is 4. The Morgan fingerprint density at radius 1 is 0.838 bits per heavy atom. The van der Waals surface area contributed by atoms with E-state index in [1.807, 2.05) is 78.9 Å². The van der Waals surface area contributed by atoms with Gasteiger partial charge in [-0.05, 0) is 65.6 Å². The predicted octanol–water partition coefficient (Wildman–Crippen LogP) is 6.28. The van der Waals surface area contributed by atoms with E-state index in [2.05, 4.69) is 5.32 Å². The third-order valence-corrected chi connectivity index (χ3v) is 6.35. The fraction of sp³-hybridized carbons (Fsp3) is 0.0968. The van der Waals surface area contributed by atoms with Gasteiger partial charge >= 0.3 is 0 Å². The van der Waals surface area contributed by atoms with Crippen LogP contribution in [0.4, 0.5) is 5.69 Å². The number of hydrogen-bond acceptors (Lipinski definition) is 3. The summed E-state index contributed by atoms with van der Waals surface area (Å²) in [5.41, 5.74) is 4.16. The van der Waals surface area contributed by atoms with Crippen molar-refractivity contribution < 1.29 is 14.3 Å². The summed E-state index contributed by atoms with van der Waals surface area (Å²) in [6, 6.07) is 32.0. The fourth-order valence-corrected chi connectivity index (χ4v) is 4.27. The molecule has 4 aromatic rings. The second-order valence-electron chi connectivity index (χ2n) is 8.71. The van der Waals surface area contributed by atoms with Crippen molar-refractivity contribution in [1.29, 1.82) is 0 Å². The number of halogens is 1. The molecule has 184 valence electrons. The van der Waals surface area contributed by atoms with Gasteiger partial charge < -0.3 is 10.1 Å². The minimum Gasteiger partial charge on any atom is -0.449 e. The number of carbonyl (C=O) groups is 2. The maximum atomic E-state index is 13.4. The van der Waals surface area contributed by atoms with E-state index in [9.17, 15) is 9.59 Å². The molecule has 37 heavy (non-hydrogen) atoms. The highest BCUT2D eigenvalue weighted by Crippen LogP contribution is 2.36. The van der Waals surface area contributed by atoms with E-state index >= 15 is 0 Å². The molecule has 0 saturated carbocycles. The lowest BCUT2D eigenvalue weighted by Crippen LogP contribution is -2.36. The second-order valence-corrected chi connectivity index (χ2v) is 9.15. The van der Waals surface area contributed by atoms with E-state index in [0.717, 1.165) is 17.5 Å². The average Bonchev–Trinajstić information content (AvgIpc) is 2.93. The summed E-state index contributed by atoms with van der Waals surface area (Å²) in [5, 5.41) is 3.60. The number of amides is 2. The molecule has 6 heteroatoms. The standard InChI is InChI=1S/C31H25ClN2O3/c32-26-16-12-24(13-17-26)21-34-27-8-4-5-9-28(27)37-29(31(34)36)20-23-10-14-25(15-11-23)30(35)33-19-18-22-6-2-1-3-7-22/h1-17,20H,18-19,21H2,(H,33,35)/b29-20-. The Hall–Kier alpha value is -4.35. The molecule has 0 radical (unpaired) electrons. The van der Waals surface area contributed by atoms with Crippen LogP contribution in [0, 0.1) is 0 Å². The average molecular weight is 509 g/mol. The number of nitrogens with one attached hydrogen (secondary N) is 1. The zero-order valence-electron chi connectivity index (χ0n) is 20.1. The van der Waals surface area contributed by atoms with Crippen LogP contribution in [-0.4, -0.2) is 18.4 Å². The number of ether oxygens (including phenoxy) is 1. The van der Waals surface area contributed by atoms with Gasteiger partial charge in [0.2, 0.25) is 0 Å². The van der Waals surface area contributed by atoms with Crippen LogP contribution >= 0.6 is 11.6 Å². The normalized spacial score (nSPS) is 13.7. The number of carbonyl (C=O) groups excluding carboxylic acids is 2. The third kappa shape index (κ3) is 5.90. The van der Waals surface area contributed by atoms with E-state index in [0.29, 0.717) is 35.1 Å². The number of hydrogen-bond donors (Lipinski definition) is 1. The SMILES string of the molecule is O=C(NCCc1ccccc1)c1ccc(/C=C2\Oc3ccccc3N(Cc3ccc(Cl)cc3)C2=O)cc1. The molecule has 1 aliphatic heterocycles. The molecular formula is C31H25ClN2O3. The van der Waals surface area contributed by atoms with Crippen LogP contribution in [0.2, 0.25) is 5.02 Å². The highest BCUT2D eigenvalue weighted by atomic mass is 35.5. The molecule has 0 saturated heterocycles. The van der Waals surface area contributed by atoms with E-state index in [1.54, 1.807) is 35.2 Å². The van der Waals surface area contributed by atoms with E-state index < -0.39 is 0 Å². The molecule has 5 rings (SSSR count). The largest absolute Gasteiger partial charge is 0.449 e. The predicted molar refractivity (Wildman–Crippen MR) is 147 cm³/mol. The zero-order chi connectivity index (χ0) is 25.6. The number of nitrogens with zero attached hydrogens (tertiary/aromatic N) is 1. The van der Waals surface area contributed by atoms with Gasteiger partial charge in [0.25, 0.3) is 11.8 Å². The summed E-state index contributed by atoms with van der Waals surface area (Å²) in [6.45, 7) is 0.940. The first-order chi connectivity index (χ1) is 18.1. The Morgan fingerprint density at radius 3 is 2.30 bits per heavy atom. The summed E-state index contributed by atoms with van der Waals surface area (Å²) in [5.74, 6) is 0.448.